The summed E-state index contributed by atoms with van der Waals surface area (Å²) in [5.74, 6) is -1.01. The van der Waals surface area contributed by atoms with Gasteiger partial charge in [-0.15, -0.1) is 11.3 Å². The third-order valence-electron chi connectivity index (χ3n) is 4.23. The number of esters is 1. The Bertz CT molecular complexity index is 1100. The van der Waals surface area contributed by atoms with E-state index in [2.05, 4.69) is 10.3 Å². The van der Waals surface area contributed by atoms with E-state index in [0.29, 0.717) is 5.69 Å². The molecule has 3 aromatic rings. The lowest BCUT2D eigenvalue weighted by molar-refractivity contribution is -0.384. The molecule has 2 aromatic carbocycles. The van der Waals surface area contributed by atoms with E-state index in [9.17, 15) is 19.7 Å². The molecule has 10 heteroatoms. The van der Waals surface area contributed by atoms with Crippen LogP contribution in [0.3, 0.4) is 0 Å². The van der Waals surface area contributed by atoms with Gasteiger partial charge < -0.3 is 14.8 Å². The van der Waals surface area contributed by atoms with Crippen LogP contribution in [0.4, 0.5) is 11.4 Å². The monoisotopic (exact) mass is 441 g/mol. The summed E-state index contributed by atoms with van der Waals surface area (Å²) in [7, 11) is 1.37. The zero-order valence-electron chi connectivity index (χ0n) is 16.7. The quantitative estimate of drug-likeness (QED) is 0.320. The number of nitrogens with zero attached hydrogens (tertiary/aromatic N) is 2. The summed E-state index contributed by atoms with van der Waals surface area (Å²) < 4.78 is 10.3. The zero-order chi connectivity index (χ0) is 22.4. The van der Waals surface area contributed by atoms with Gasteiger partial charge in [0.25, 0.3) is 11.6 Å². The van der Waals surface area contributed by atoms with Gasteiger partial charge in [0.2, 0.25) is 0 Å². The number of thiazole rings is 1. The molecule has 1 atom stereocenters. The number of non-ortho nitro benzene ring substituents is 1. The number of amides is 1. The maximum atomic E-state index is 12.4. The van der Waals surface area contributed by atoms with Crippen LogP contribution in [0.2, 0.25) is 0 Å². The van der Waals surface area contributed by atoms with Crippen LogP contribution in [0.1, 0.15) is 12.6 Å². The van der Waals surface area contributed by atoms with E-state index in [1.807, 2.05) is 30.3 Å². The van der Waals surface area contributed by atoms with Crippen molar-refractivity contribution in [1.29, 1.82) is 0 Å². The minimum Gasteiger partial charge on any atom is -0.495 e. The van der Waals surface area contributed by atoms with Crippen LogP contribution < -0.4 is 10.1 Å². The molecule has 0 bridgehead atoms. The van der Waals surface area contributed by atoms with Gasteiger partial charge in [-0.25, -0.2) is 4.98 Å². The lowest BCUT2D eigenvalue weighted by Gasteiger charge is -2.15. The highest BCUT2D eigenvalue weighted by Gasteiger charge is 2.21. The number of carbonyl (C=O) groups excluding carboxylic acids is 2. The molecule has 1 aromatic heterocycles. The highest BCUT2D eigenvalue weighted by molar-refractivity contribution is 7.13. The van der Waals surface area contributed by atoms with Crippen LogP contribution in [-0.4, -0.2) is 35.0 Å². The molecule has 31 heavy (non-hydrogen) atoms. The van der Waals surface area contributed by atoms with Gasteiger partial charge in [-0.05, 0) is 13.0 Å². The van der Waals surface area contributed by atoms with Gasteiger partial charge in [0.15, 0.2) is 6.10 Å². The van der Waals surface area contributed by atoms with Crippen LogP contribution in [0.15, 0.2) is 53.9 Å². The number of nitro benzene ring substituents is 1. The molecule has 0 aliphatic carbocycles. The first kappa shape index (κ1) is 21.9. The van der Waals surface area contributed by atoms with Gasteiger partial charge >= 0.3 is 5.97 Å². The molecule has 0 aliphatic heterocycles. The lowest BCUT2D eigenvalue weighted by Crippen LogP contribution is -2.30. The number of carbonyl (C=O) groups is 2. The Morgan fingerprint density at radius 1 is 1.23 bits per heavy atom. The molecule has 160 valence electrons. The lowest BCUT2D eigenvalue weighted by atomic mass is 10.2. The van der Waals surface area contributed by atoms with Crippen molar-refractivity contribution in [3.05, 3.63) is 69.7 Å². The first-order valence-corrected chi connectivity index (χ1v) is 10.1. The Balaban J connectivity index is 1.60. The van der Waals surface area contributed by atoms with Gasteiger partial charge in [-0.1, -0.05) is 30.3 Å². The van der Waals surface area contributed by atoms with Crippen LogP contribution in [0, 0.1) is 10.1 Å². The number of ether oxygens (including phenoxy) is 2. The van der Waals surface area contributed by atoms with E-state index in [1.54, 1.807) is 5.38 Å². The molecule has 0 saturated heterocycles. The second-order valence-electron chi connectivity index (χ2n) is 6.45. The summed E-state index contributed by atoms with van der Waals surface area (Å²) in [6.07, 6.45) is -1.20. The Morgan fingerprint density at radius 3 is 2.65 bits per heavy atom. The van der Waals surface area contributed by atoms with E-state index in [4.69, 9.17) is 9.47 Å². The topological polar surface area (TPSA) is 121 Å². The smallest absolute Gasteiger partial charge is 0.312 e. The number of hydrogen-bond acceptors (Lipinski definition) is 8. The van der Waals surface area contributed by atoms with Gasteiger partial charge in [0, 0.05) is 23.1 Å². The van der Waals surface area contributed by atoms with E-state index < -0.39 is 22.9 Å². The molecular weight excluding hydrogens is 422 g/mol. The molecule has 9 nitrogen and oxygen atoms in total. The summed E-state index contributed by atoms with van der Waals surface area (Å²) in [4.78, 5) is 39.5. The van der Waals surface area contributed by atoms with E-state index in [1.165, 1.54) is 43.6 Å². The van der Waals surface area contributed by atoms with Crippen molar-refractivity contribution in [2.45, 2.75) is 19.4 Å². The molecule has 0 fully saturated rings. The predicted octanol–water partition coefficient (Wildman–Crippen LogP) is 3.84. The zero-order valence-corrected chi connectivity index (χ0v) is 17.5. The van der Waals surface area contributed by atoms with Crippen LogP contribution >= 0.6 is 11.3 Å². The first-order chi connectivity index (χ1) is 14.9. The normalized spacial score (nSPS) is 11.4. The molecule has 0 radical (unpaired) electrons. The molecule has 0 spiro atoms. The minimum atomic E-state index is -1.12. The average molecular weight is 441 g/mol. The van der Waals surface area contributed by atoms with Crippen LogP contribution in [-0.2, 0) is 20.7 Å². The molecule has 3 rings (SSSR count). The Hall–Kier alpha value is -3.79. The average Bonchev–Trinajstić information content (AvgIpc) is 3.22. The molecule has 1 unspecified atom stereocenters. The number of hydrogen-bond donors (Lipinski definition) is 1. The summed E-state index contributed by atoms with van der Waals surface area (Å²) in [6, 6.07) is 13.4. The van der Waals surface area contributed by atoms with Crippen LogP contribution in [0.25, 0.3) is 10.6 Å². The fraction of sp³-hybridized carbons (Fsp3) is 0.190. The fourth-order valence-corrected chi connectivity index (χ4v) is 3.51. The van der Waals surface area contributed by atoms with Gasteiger partial charge in [-0.2, -0.15) is 0 Å². The summed E-state index contributed by atoms with van der Waals surface area (Å²) in [5.41, 5.74) is 1.39. The van der Waals surface area contributed by atoms with Crippen molar-refractivity contribution >= 4 is 34.6 Å². The maximum Gasteiger partial charge on any atom is 0.312 e. The van der Waals surface area contributed by atoms with Crippen molar-refractivity contribution in [1.82, 2.24) is 4.98 Å². The van der Waals surface area contributed by atoms with Crippen molar-refractivity contribution in [3.8, 4) is 16.3 Å². The van der Waals surface area contributed by atoms with Crippen molar-refractivity contribution < 1.29 is 24.0 Å². The Labute approximate surface area is 181 Å². The van der Waals surface area contributed by atoms with E-state index in [0.717, 1.165) is 10.6 Å². The standard InChI is InChI=1S/C21H19N3O6S/c1-13(20(26)23-17-11-16(24(27)28)8-9-18(17)29-2)30-19(25)10-15-12-31-21(22-15)14-6-4-3-5-7-14/h3-9,11-13H,10H2,1-2H3,(H,23,26). The minimum absolute atomic E-state index is 0.0823. The number of nitro groups is 1. The van der Waals surface area contributed by atoms with Crippen molar-refractivity contribution in [3.63, 3.8) is 0 Å². The number of methoxy groups -OCH3 is 1. The summed E-state index contributed by atoms with van der Waals surface area (Å²) in [5, 5.41) is 16.0. The number of aromatic nitrogens is 1. The predicted molar refractivity (Wildman–Crippen MR) is 115 cm³/mol. The maximum absolute atomic E-state index is 12.4. The number of benzene rings is 2. The second-order valence-corrected chi connectivity index (χ2v) is 7.31. The van der Waals surface area contributed by atoms with Crippen molar-refractivity contribution in [2.75, 3.05) is 12.4 Å². The molecule has 1 N–H and O–H groups in total. The largest absolute Gasteiger partial charge is 0.495 e. The highest BCUT2D eigenvalue weighted by Crippen LogP contribution is 2.29. The van der Waals surface area contributed by atoms with Crippen LogP contribution in [0.5, 0.6) is 5.75 Å². The highest BCUT2D eigenvalue weighted by atomic mass is 32.1. The number of rotatable bonds is 8. The Kier molecular flexibility index (Phi) is 6.93. The van der Waals surface area contributed by atoms with Gasteiger partial charge in [-0.3, -0.25) is 19.7 Å². The molecule has 0 aliphatic rings. The SMILES string of the molecule is COc1ccc([N+](=O)[O-])cc1NC(=O)C(C)OC(=O)Cc1csc(-c2ccccc2)n1. The summed E-state index contributed by atoms with van der Waals surface area (Å²) in [6.45, 7) is 1.41. The first-order valence-electron chi connectivity index (χ1n) is 9.20. The second kappa shape index (κ2) is 9.81. The molecular formula is C21H19N3O6S. The van der Waals surface area contributed by atoms with Gasteiger partial charge in [0.1, 0.15) is 10.8 Å². The fourth-order valence-electron chi connectivity index (χ4n) is 2.68. The van der Waals surface area contributed by atoms with E-state index >= 15 is 0 Å². The number of nitrogens with one attached hydrogen (secondary N) is 1. The molecule has 1 amide bonds. The molecule has 0 saturated carbocycles. The number of anilines is 1. The molecule has 1 heterocycles. The van der Waals surface area contributed by atoms with E-state index in [-0.39, 0.29) is 23.5 Å². The summed E-state index contributed by atoms with van der Waals surface area (Å²) >= 11 is 1.41. The Morgan fingerprint density at radius 2 is 1.97 bits per heavy atom. The third kappa shape index (κ3) is 5.64. The van der Waals surface area contributed by atoms with Gasteiger partial charge in [0.05, 0.1) is 29.8 Å². The van der Waals surface area contributed by atoms with Crippen molar-refractivity contribution in [2.24, 2.45) is 0 Å². The third-order valence-corrected chi connectivity index (χ3v) is 5.17.